The van der Waals surface area contributed by atoms with Crippen molar-refractivity contribution >= 4 is 11.6 Å². The molecule has 4 heteroatoms. The first-order chi connectivity index (χ1) is 5.66. The number of hydrogen-bond donors (Lipinski definition) is 1. The molecule has 0 radical (unpaired) electrons. The third-order valence-electron chi connectivity index (χ3n) is 1.94. The zero-order valence-corrected chi connectivity index (χ0v) is 8.44. The van der Waals surface area contributed by atoms with Crippen molar-refractivity contribution in [3.8, 4) is 0 Å². The number of nitrogens with one attached hydrogen (secondary N) is 1. The second-order valence-electron chi connectivity index (χ2n) is 2.79. The lowest BCUT2D eigenvalue weighted by molar-refractivity contribution is 0.617. The standard InChI is InChI=1S/C8H14ClN3/c1-6-8(9)11-7(2)12(6)5-4-10-3/h10H,4-5H2,1-3H3. The van der Waals surface area contributed by atoms with E-state index in [9.17, 15) is 0 Å². The Morgan fingerprint density at radius 1 is 1.50 bits per heavy atom. The summed E-state index contributed by atoms with van der Waals surface area (Å²) < 4.78 is 2.11. The van der Waals surface area contributed by atoms with Crippen LogP contribution < -0.4 is 5.32 Å². The first-order valence-electron chi connectivity index (χ1n) is 4.00. The molecule has 1 aromatic heterocycles. The predicted octanol–water partition coefficient (Wildman–Crippen LogP) is 1.37. The van der Waals surface area contributed by atoms with Gasteiger partial charge in [0.25, 0.3) is 0 Å². The lowest BCUT2D eigenvalue weighted by Gasteiger charge is -2.06. The zero-order valence-electron chi connectivity index (χ0n) is 7.69. The van der Waals surface area contributed by atoms with Gasteiger partial charge in [0, 0.05) is 13.1 Å². The monoisotopic (exact) mass is 187 g/mol. The van der Waals surface area contributed by atoms with Gasteiger partial charge in [-0.1, -0.05) is 11.6 Å². The Hall–Kier alpha value is -0.540. The minimum atomic E-state index is 0.614. The van der Waals surface area contributed by atoms with Crippen molar-refractivity contribution in [2.24, 2.45) is 0 Å². The second-order valence-corrected chi connectivity index (χ2v) is 3.15. The minimum absolute atomic E-state index is 0.614. The average Bonchev–Trinajstić information content (AvgIpc) is 2.25. The molecule has 1 rings (SSSR count). The highest BCUT2D eigenvalue weighted by molar-refractivity contribution is 6.30. The van der Waals surface area contributed by atoms with Gasteiger partial charge in [-0.3, -0.25) is 0 Å². The van der Waals surface area contributed by atoms with Gasteiger partial charge in [-0.15, -0.1) is 0 Å². The smallest absolute Gasteiger partial charge is 0.150 e. The van der Waals surface area contributed by atoms with Crippen LogP contribution in [0.4, 0.5) is 0 Å². The molecule has 68 valence electrons. The summed E-state index contributed by atoms with van der Waals surface area (Å²) in [6.07, 6.45) is 0. The topological polar surface area (TPSA) is 29.9 Å². The molecule has 0 bridgehead atoms. The molecule has 0 unspecified atom stereocenters. The van der Waals surface area contributed by atoms with Crippen molar-refractivity contribution in [1.29, 1.82) is 0 Å². The van der Waals surface area contributed by atoms with Crippen molar-refractivity contribution in [1.82, 2.24) is 14.9 Å². The van der Waals surface area contributed by atoms with Crippen LogP contribution in [0.5, 0.6) is 0 Å². The van der Waals surface area contributed by atoms with Crippen LogP contribution in [-0.4, -0.2) is 23.1 Å². The van der Waals surface area contributed by atoms with Crippen molar-refractivity contribution in [3.63, 3.8) is 0 Å². The van der Waals surface area contributed by atoms with Crippen molar-refractivity contribution in [2.75, 3.05) is 13.6 Å². The van der Waals surface area contributed by atoms with Gasteiger partial charge in [0.05, 0.1) is 5.69 Å². The molecule has 3 nitrogen and oxygen atoms in total. The molecule has 0 aliphatic rings. The predicted molar refractivity (Wildman–Crippen MR) is 50.6 cm³/mol. The maximum Gasteiger partial charge on any atom is 0.150 e. The molecule has 0 aromatic carbocycles. The Kier molecular flexibility index (Phi) is 3.12. The van der Waals surface area contributed by atoms with E-state index >= 15 is 0 Å². The average molecular weight is 188 g/mol. The Labute approximate surface area is 77.7 Å². The van der Waals surface area contributed by atoms with Gasteiger partial charge in [0.2, 0.25) is 0 Å². The maximum absolute atomic E-state index is 5.86. The van der Waals surface area contributed by atoms with E-state index in [0.717, 1.165) is 24.6 Å². The van der Waals surface area contributed by atoms with Crippen LogP contribution in [0.15, 0.2) is 0 Å². The van der Waals surface area contributed by atoms with Crippen LogP contribution in [0, 0.1) is 13.8 Å². The molecule has 0 atom stereocenters. The lowest BCUT2D eigenvalue weighted by atomic mass is 10.5. The molecule has 12 heavy (non-hydrogen) atoms. The van der Waals surface area contributed by atoms with Gasteiger partial charge in [-0.05, 0) is 20.9 Å². The number of halogens is 1. The summed E-state index contributed by atoms with van der Waals surface area (Å²) in [5, 5.41) is 3.70. The summed E-state index contributed by atoms with van der Waals surface area (Å²) in [5.41, 5.74) is 1.05. The Morgan fingerprint density at radius 2 is 2.17 bits per heavy atom. The third kappa shape index (κ3) is 1.79. The number of aromatic nitrogens is 2. The fourth-order valence-electron chi connectivity index (χ4n) is 1.19. The largest absolute Gasteiger partial charge is 0.330 e. The van der Waals surface area contributed by atoms with Gasteiger partial charge in [-0.2, -0.15) is 0 Å². The van der Waals surface area contributed by atoms with Crippen molar-refractivity contribution in [2.45, 2.75) is 20.4 Å². The fraction of sp³-hybridized carbons (Fsp3) is 0.625. The maximum atomic E-state index is 5.86. The van der Waals surface area contributed by atoms with Crippen LogP contribution in [-0.2, 0) is 6.54 Å². The Morgan fingerprint density at radius 3 is 2.58 bits per heavy atom. The van der Waals surface area contributed by atoms with Gasteiger partial charge in [-0.25, -0.2) is 4.98 Å². The minimum Gasteiger partial charge on any atom is -0.330 e. The summed E-state index contributed by atoms with van der Waals surface area (Å²) in [4.78, 5) is 4.16. The van der Waals surface area contributed by atoms with E-state index in [-0.39, 0.29) is 0 Å². The number of hydrogen-bond acceptors (Lipinski definition) is 2. The zero-order chi connectivity index (χ0) is 9.14. The molecular weight excluding hydrogens is 174 g/mol. The molecular formula is C8H14ClN3. The molecule has 0 aliphatic heterocycles. The van der Waals surface area contributed by atoms with E-state index in [1.807, 2.05) is 20.9 Å². The van der Waals surface area contributed by atoms with Gasteiger partial charge >= 0.3 is 0 Å². The van der Waals surface area contributed by atoms with E-state index in [2.05, 4.69) is 14.9 Å². The highest BCUT2D eigenvalue weighted by Crippen LogP contribution is 2.14. The molecule has 0 aliphatic carbocycles. The molecule has 1 N–H and O–H groups in total. The summed E-state index contributed by atoms with van der Waals surface area (Å²) in [6, 6.07) is 0. The van der Waals surface area contributed by atoms with Gasteiger partial charge in [0.15, 0.2) is 0 Å². The number of imidazole rings is 1. The summed E-state index contributed by atoms with van der Waals surface area (Å²) >= 11 is 5.86. The molecule has 0 fully saturated rings. The van der Waals surface area contributed by atoms with E-state index in [1.54, 1.807) is 0 Å². The van der Waals surface area contributed by atoms with Crippen molar-refractivity contribution < 1.29 is 0 Å². The Balaban J connectivity index is 2.82. The molecule has 1 aromatic rings. The van der Waals surface area contributed by atoms with E-state index in [1.165, 1.54) is 0 Å². The van der Waals surface area contributed by atoms with Gasteiger partial charge < -0.3 is 9.88 Å². The molecule has 1 heterocycles. The number of aryl methyl sites for hydroxylation is 1. The van der Waals surface area contributed by atoms with Crippen LogP contribution in [0.1, 0.15) is 11.5 Å². The van der Waals surface area contributed by atoms with Gasteiger partial charge in [0.1, 0.15) is 11.0 Å². The van der Waals surface area contributed by atoms with Crippen LogP contribution in [0.25, 0.3) is 0 Å². The quantitative estimate of drug-likeness (QED) is 0.775. The van der Waals surface area contributed by atoms with Crippen molar-refractivity contribution in [3.05, 3.63) is 16.7 Å². The number of likely N-dealkylation sites (N-methyl/N-ethyl adjacent to an activating group) is 1. The summed E-state index contributed by atoms with van der Waals surface area (Å²) in [7, 11) is 1.93. The van der Waals surface area contributed by atoms with E-state index in [4.69, 9.17) is 11.6 Å². The second kappa shape index (κ2) is 3.92. The number of nitrogens with zero attached hydrogens (tertiary/aromatic N) is 2. The number of rotatable bonds is 3. The van der Waals surface area contributed by atoms with E-state index < -0.39 is 0 Å². The first kappa shape index (κ1) is 9.55. The lowest BCUT2D eigenvalue weighted by Crippen LogP contribution is -2.16. The van der Waals surface area contributed by atoms with Crippen LogP contribution in [0.2, 0.25) is 5.15 Å². The first-order valence-corrected chi connectivity index (χ1v) is 4.38. The van der Waals surface area contributed by atoms with E-state index in [0.29, 0.717) is 5.15 Å². The normalized spacial score (nSPS) is 10.7. The highest BCUT2D eigenvalue weighted by Gasteiger charge is 2.06. The molecule has 0 saturated heterocycles. The third-order valence-corrected chi connectivity index (χ3v) is 2.30. The highest BCUT2D eigenvalue weighted by atomic mass is 35.5. The molecule has 0 saturated carbocycles. The van der Waals surface area contributed by atoms with Crippen LogP contribution in [0.3, 0.4) is 0 Å². The van der Waals surface area contributed by atoms with Crippen LogP contribution >= 0.6 is 11.6 Å². The molecule has 0 amide bonds. The summed E-state index contributed by atoms with van der Waals surface area (Å²) in [6.45, 7) is 5.81. The fourth-order valence-corrected chi connectivity index (χ4v) is 1.41. The Bertz CT molecular complexity index is 268. The SMILES string of the molecule is CNCCn1c(C)nc(Cl)c1C. The molecule has 0 spiro atoms. The summed E-state index contributed by atoms with van der Waals surface area (Å²) in [5.74, 6) is 0.979.